The van der Waals surface area contributed by atoms with Gasteiger partial charge in [0.1, 0.15) is 11.8 Å². The Kier molecular flexibility index (Phi) is 6.06. The van der Waals surface area contributed by atoms with Crippen LogP contribution in [0.5, 0.6) is 5.75 Å². The Hall–Kier alpha value is -3.19. The third-order valence-corrected chi connectivity index (χ3v) is 4.33. The van der Waals surface area contributed by atoms with E-state index in [0.717, 1.165) is 11.1 Å². The zero-order valence-corrected chi connectivity index (χ0v) is 16.0. The Balaban J connectivity index is 1.83. The van der Waals surface area contributed by atoms with Crippen molar-refractivity contribution < 1.29 is 18.4 Å². The molecule has 3 rings (SSSR count). The van der Waals surface area contributed by atoms with Crippen molar-refractivity contribution >= 4 is 11.7 Å². The first-order valence-corrected chi connectivity index (χ1v) is 8.79. The van der Waals surface area contributed by atoms with Crippen molar-refractivity contribution in [3.05, 3.63) is 77.3 Å². The summed E-state index contributed by atoms with van der Waals surface area (Å²) in [4.78, 5) is 14.8. The summed E-state index contributed by atoms with van der Waals surface area (Å²) in [6, 6.07) is 15.2. The summed E-state index contributed by atoms with van der Waals surface area (Å²) in [6.45, 7) is 2.12. The maximum absolute atomic E-state index is 14.0. The van der Waals surface area contributed by atoms with E-state index in [1.807, 2.05) is 42.3 Å². The van der Waals surface area contributed by atoms with Gasteiger partial charge in [-0.2, -0.15) is 0 Å². The highest BCUT2D eigenvalue weighted by Gasteiger charge is 2.26. The number of nitrogens with zero attached hydrogens (tertiary/aromatic N) is 2. The highest BCUT2D eigenvalue weighted by molar-refractivity contribution is 5.94. The molecule has 0 saturated heterocycles. The van der Waals surface area contributed by atoms with Gasteiger partial charge >= 0.3 is 0 Å². The number of carbonyl (C=O) groups excluding carboxylic acids is 1. The minimum Gasteiger partial charge on any atom is -0.494 e. The van der Waals surface area contributed by atoms with Crippen molar-refractivity contribution in [2.45, 2.75) is 19.5 Å². The quantitative estimate of drug-likeness (QED) is 0.669. The summed E-state index contributed by atoms with van der Waals surface area (Å²) in [5.74, 6) is 0.453. The molecule has 7 heteroatoms. The van der Waals surface area contributed by atoms with Crippen molar-refractivity contribution in [1.29, 1.82) is 0 Å². The largest absolute Gasteiger partial charge is 0.494 e. The molecule has 0 aliphatic carbocycles. The van der Waals surface area contributed by atoms with E-state index in [1.54, 1.807) is 25.1 Å². The number of amides is 1. The number of aryl methyl sites for hydroxylation is 1. The molecule has 3 aromatic rings. The number of likely N-dealkylation sites (N-methyl/N-ethyl adjacent to an activating group) is 1. The van der Waals surface area contributed by atoms with E-state index in [-0.39, 0.29) is 11.7 Å². The normalized spacial score (nSPS) is 12.0. The van der Waals surface area contributed by atoms with Crippen LogP contribution in [0.4, 0.5) is 10.2 Å². The van der Waals surface area contributed by atoms with Gasteiger partial charge in [-0.05, 0) is 37.2 Å². The van der Waals surface area contributed by atoms with E-state index < -0.39 is 11.9 Å². The molecule has 0 aliphatic rings. The van der Waals surface area contributed by atoms with Gasteiger partial charge in [0.15, 0.2) is 17.4 Å². The monoisotopic (exact) mass is 383 g/mol. The molecule has 1 aromatic heterocycles. The molecule has 2 aromatic carbocycles. The van der Waals surface area contributed by atoms with E-state index in [4.69, 9.17) is 9.26 Å². The number of methoxy groups -OCH3 is 1. The molecule has 1 amide bonds. The van der Waals surface area contributed by atoms with Gasteiger partial charge in [-0.15, -0.1) is 0 Å². The number of anilines is 1. The number of aromatic nitrogens is 1. The van der Waals surface area contributed by atoms with Crippen LogP contribution < -0.4 is 10.1 Å². The topological polar surface area (TPSA) is 67.6 Å². The summed E-state index contributed by atoms with van der Waals surface area (Å²) < 4.78 is 24.0. The fourth-order valence-corrected chi connectivity index (χ4v) is 3.05. The van der Waals surface area contributed by atoms with Crippen molar-refractivity contribution in [2.24, 2.45) is 0 Å². The molecule has 0 spiro atoms. The second-order valence-electron chi connectivity index (χ2n) is 6.51. The molecule has 0 unspecified atom stereocenters. The first-order valence-electron chi connectivity index (χ1n) is 8.79. The van der Waals surface area contributed by atoms with Crippen LogP contribution in [0.3, 0.4) is 0 Å². The van der Waals surface area contributed by atoms with Crippen LogP contribution in [0.25, 0.3) is 0 Å². The molecular formula is C21H22FN3O3. The summed E-state index contributed by atoms with van der Waals surface area (Å²) >= 11 is 0. The molecule has 0 bridgehead atoms. The third kappa shape index (κ3) is 4.55. The number of carbonyl (C=O) groups is 1. The van der Waals surface area contributed by atoms with Gasteiger partial charge < -0.3 is 14.6 Å². The Morgan fingerprint density at radius 2 is 2.00 bits per heavy atom. The molecule has 0 aliphatic heterocycles. The maximum atomic E-state index is 14.0. The van der Waals surface area contributed by atoms with Crippen LogP contribution >= 0.6 is 0 Å². The molecule has 146 valence electrons. The lowest BCUT2D eigenvalue weighted by Crippen LogP contribution is -2.34. The van der Waals surface area contributed by atoms with Crippen LogP contribution in [-0.4, -0.2) is 30.1 Å². The predicted molar refractivity (Wildman–Crippen MR) is 103 cm³/mol. The lowest BCUT2D eigenvalue weighted by molar-refractivity contribution is -0.121. The van der Waals surface area contributed by atoms with Crippen LogP contribution in [-0.2, 0) is 11.3 Å². The van der Waals surface area contributed by atoms with Crippen molar-refractivity contribution in [3.8, 4) is 5.75 Å². The van der Waals surface area contributed by atoms with E-state index in [0.29, 0.717) is 18.1 Å². The number of hydrogen-bond acceptors (Lipinski definition) is 5. The van der Waals surface area contributed by atoms with Gasteiger partial charge in [-0.3, -0.25) is 9.69 Å². The Morgan fingerprint density at radius 3 is 2.61 bits per heavy atom. The highest BCUT2D eigenvalue weighted by Crippen LogP contribution is 2.25. The Morgan fingerprint density at radius 1 is 1.25 bits per heavy atom. The summed E-state index contributed by atoms with van der Waals surface area (Å²) in [6.07, 6.45) is 0. The van der Waals surface area contributed by atoms with Gasteiger partial charge in [0, 0.05) is 12.6 Å². The number of hydrogen-bond donors (Lipinski definition) is 1. The number of benzene rings is 2. The lowest BCUT2D eigenvalue weighted by Gasteiger charge is -2.27. The van der Waals surface area contributed by atoms with Crippen LogP contribution in [0.15, 0.2) is 59.1 Å². The van der Waals surface area contributed by atoms with Gasteiger partial charge in [-0.1, -0.05) is 41.6 Å². The number of rotatable bonds is 7. The predicted octanol–water partition coefficient (Wildman–Crippen LogP) is 3.94. The maximum Gasteiger partial charge on any atom is 0.247 e. The van der Waals surface area contributed by atoms with E-state index in [1.165, 1.54) is 13.2 Å². The average Bonchev–Trinajstić information content (AvgIpc) is 3.07. The third-order valence-electron chi connectivity index (χ3n) is 4.33. The second kappa shape index (κ2) is 8.67. The first-order chi connectivity index (χ1) is 13.5. The van der Waals surface area contributed by atoms with Gasteiger partial charge in [0.2, 0.25) is 5.91 Å². The van der Waals surface area contributed by atoms with Crippen molar-refractivity contribution in [1.82, 2.24) is 10.1 Å². The molecule has 0 saturated carbocycles. The van der Waals surface area contributed by atoms with Gasteiger partial charge in [-0.25, -0.2) is 4.39 Å². The summed E-state index contributed by atoms with van der Waals surface area (Å²) in [7, 11) is 3.24. The zero-order chi connectivity index (χ0) is 20.1. The van der Waals surface area contributed by atoms with Crippen LogP contribution in [0, 0.1) is 12.7 Å². The SMILES string of the molecule is COc1ccc(CN(C)[C@@H](C(=O)Nc2cc(C)on2)c2ccccc2)cc1F. The molecule has 1 heterocycles. The van der Waals surface area contributed by atoms with Crippen molar-refractivity contribution in [2.75, 3.05) is 19.5 Å². The zero-order valence-electron chi connectivity index (χ0n) is 16.0. The molecule has 6 nitrogen and oxygen atoms in total. The molecule has 28 heavy (non-hydrogen) atoms. The lowest BCUT2D eigenvalue weighted by atomic mass is 10.0. The first kappa shape index (κ1) is 19.6. The Bertz CT molecular complexity index is 943. The standard InChI is InChI=1S/C21H22FN3O3/c1-14-11-19(24-28-14)23-21(26)20(16-7-5-4-6-8-16)25(2)13-15-9-10-18(27-3)17(22)12-15/h4-12,20H,13H2,1-3H3,(H,23,24,26)/t20-/m1/s1. The fourth-order valence-electron chi connectivity index (χ4n) is 3.05. The van der Waals surface area contributed by atoms with Crippen LogP contribution in [0.1, 0.15) is 22.9 Å². The molecule has 0 fully saturated rings. The minimum atomic E-state index is -0.594. The molecule has 1 N–H and O–H groups in total. The minimum absolute atomic E-state index is 0.185. The number of ether oxygens (including phenoxy) is 1. The van der Waals surface area contributed by atoms with Crippen molar-refractivity contribution in [3.63, 3.8) is 0 Å². The summed E-state index contributed by atoms with van der Waals surface area (Å²) in [5, 5.41) is 6.59. The van der Waals surface area contributed by atoms with E-state index >= 15 is 0 Å². The smallest absolute Gasteiger partial charge is 0.247 e. The molecule has 1 atom stereocenters. The van der Waals surface area contributed by atoms with Gasteiger partial charge in [0.05, 0.1) is 7.11 Å². The average molecular weight is 383 g/mol. The second-order valence-corrected chi connectivity index (χ2v) is 6.51. The molecule has 0 radical (unpaired) electrons. The number of nitrogens with one attached hydrogen (secondary N) is 1. The Labute approximate surface area is 162 Å². The molecular weight excluding hydrogens is 361 g/mol. The highest BCUT2D eigenvalue weighted by atomic mass is 19.1. The van der Waals surface area contributed by atoms with E-state index in [2.05, 4.69) is 10.5 Å². The number of halogens is 1. The fraction of sp³-hybridized carbons (Fsp3) is 0.238. The van der Waals surface area contributed by atoms with Crippen LogP contribution in [0.2, 0.25) is 0 Å². The van der Waals surface area contributed by atoms with E-state index in [9.17, 15) is 9.18 Å². The van der Waals surface area contributed by atoms with Gasteiger partial charge in [0.25, 0.3) is 0 Å². The summed E-state index contributed by atoms with van der Waals surface area (Å²) in [5.41, 5.74) is 1.54.